The summed E-state index contributed by atoms with van der Waals surface area (Å²) < 4.78 is 0. The molecule has 1 amide bonds. The standard InChI is InChI=1S/C20H27N3O2/c1-14-6-7-19-16(11-14)12-18(15(2)22-19)20(25)21-8-10-23-9-4-3-5-17(23)13-24/h6-7,11-12,17,24H,3-5,8-10,13H2,1-2H3,(H,21,25). The van der Waals surface area contributed by atoms with Gasteiger partial charge in [-0.1, -0.05) is 18.1 Å². The molecule has 0 radical (unpaired) electrons. The van der Waals surface area contributed by atoms with Gasteiger partial charge in [0.15, 0.2) is 0 Å². The number of aryl methyl sites for hydroxylation is 2. The second-order valence-electron chi connectivity index (χ2n) is 6.94. The molecule has 0 saturated carbocycles. The molecule has 1 atom stereocenters. The van der Waals surface area contributed by atoms with Crippen molar-refractivity contribution < 1.29 is 9.90 Å². The number of piperidine rings is 1. The van der Waals surface area contributed by atoms with E-state index in [4.69, 9.17) is 0 Å². The van der Waals surface area contributed by atoms with Gasteiger partial charge in [-0.2, -0.15) is 0 Å². The zero-order valence-corrected chi connectivity index (χ0v) is 15.1. The molecule has 1 aromatic carbocycles. The smallest absolute Gasteiger partial charge is 0.253 e. The highest BCUT2D eigenvalue weighted by Crippen LogP contribution is 2.18. The zero-order valence-electron chi connectivity index (χ0n) is 15.1. The Bertz CT molecular complexity index is 760. The molecule has 0 spiro atoms. The fourth-order valence-corrected chi connectivity index (χ4v) is 3.59. The summed E-state index contributed by atoms with van der Waals surface area (Å²) in [5, 5.41) is 13.5. The van der Waals surface area contributed by atoms with Gasteiger partial charge in [0.2, 0.25) is 0 Å². The van der Waals surface area contributed by atoms with Crippen molar-refractivity contribution in [2.75, 3.05) is 26.2 Å². The molecule has 1 saturated heterocycles. The maximum atomic E-state index is 12.6. The Hall–Kier alpha value is -1.98. The summed E-state index contributed by atoms with van der Waals surface area (Å²) in [6.07, 6.45) is 3.38. The Balaban J connectivity index is 1.64. The van der Waals surface area contributed by atoms with Crippen LogP contribution in [0.25, 0.3) is 10.9 Å². The van der Waals surface area contributed by atoms with Gasteiger partial charge in [0.1, 0.15) is 0 Å². The maximum Gasteiger partial charge on any atom is 0.253 e. The third kappa shape index (κ3) is 4.17. The minimum absolute atomic E-state index is 0.0778. The number of aliphatic hydroxyl groups is 1. The Morgan fingerprint density at radius 3 is 2.96 bits per heavy atom. The molecule has 1 unspecified atom stereocenters. The molecule has 1 fully saturated rings. The van der Waals surface area contributed by atoms with Crippen LogP contribution >= 0.6 is 0 Å². The van der Waals surface area contributed by atoms with E-state index in [1.54, 1.807) is 0 Å². The number of rotatable bonds is 5. The van der Waals surface area contributed by atoms with Crippen molar-refractivity contribution in [1.29, 1.82) is 0 Å². The van der Waals surface area contributed by atoms with Crippen LogP contribution in [0.1, 0.15) is 40.9 Å². The van der Waals surface area contributed by atoms with Crippen molar-refractivity contribution in [2.24, 2.45) is 0 Å². The van der Waals surface area contributed by atoms with Crippen LogP contribution in [0.4, 0.5) is 0 Å². The molecule has 2 N–H and O–H groups in total. The molecule has 134 valence electrons. The number of aromatic nitrogens is 1. The first kappa shape index (κ1) is 17.8. The summed E-state index contributed by atoms with van der Waals surface area (Å²) in [7, 11) is 0. The summed E-state index contributed by atoms with van der Waals surface area (Å²) in [5.41, 5.74) is 3.46. The largest absolute Gasteiger partial charge is 0.395 e. The number of benzene rings is 1. The average molecular weight is 341 g/mol. The van der Waals surface area contributed by atoms with Crippen LogP contribution < -0.4 is 5.32 Å². The number of nitrogens with one attached hydrogen (secondary N) is 1. The monoisotopic (exact) mass is 341 g/mol. The molecule has 5 nitrogen and oxygen atoms in total. The van der Waals surface area contributed by atoms with Crippen LogP contribution in [0.5, 0.6) is 0 Å². The molecule has 25 heavy (non-hydrogen) atoms. The third-order valence-electron chi connectivity index (χ3n) is 5.05. The minimum Gasteiger partial charge on any atom is -0.395 e. The van der Waals surface area contributed by atoms with E-state index in [2.05, 4.69) is 21.3 Å². The Morgan fingerprint density at radius 2 is 2.16 bits per heavy atom. The Morgan fingerprint density at radius 1 is 1.32 bits per heavy atom. The summed E-state index contributed by atoms with van der Waals surface area (Å²) in [5.74, 6) is -0.0778. The van der Waals surface area contributed by atoms with Crippen molar-refractivity contribution in [3.8, 4) is 0 Å². The van der Waals surface area contributed by atoms with Crippen molar-refractivity contribution in [3.63, 3.8) is 0 Å². The lowest BCUT2D eigenvalue weighted by atomic mass is 10.0. The van der Waals surface area contributed by atoms with Gasteiger partial charge in [-0.3, -0.25) is 14.7 Å². The van der Waals surface area contributed by atoms with Gasteiger partial charge in [0.05, 0.1) is 23.4 Å². The maximum absolute atomic E-state index is 12.6. The van der Waals surface area contributed by atoms with E-state index >= 15 is 0 Å². The van der Waals surface area contributed by atoms with Crippen LogP contribution in [0.3, 0.4) is 0 Å². The minimum atomic E-state index is -0.0778. The van der Waals surface area contributed by atoms with E-state index in [0.717, 1.165) is 48.1 Å². The molecule has 1 aliphatic rings. The number of carbonyl (C=O) groups is 1. The highest BCUT2D eigenvalue weighted by molar-refractivity contribution is 5.98. The number of fused-ring (bicyclic) bond motifs is 1. The van der Waals surface area contributed by atoms with E-state index < -0.39 is 0 Å². The van der Waals surface area contributed by atoms with Gasteiger partial charge in [-0.15, -0.1) is 0 Å². The van der Waals surface area contributed by atoms with Gasteiger partial charge in [-0.25, -0.2) is 0 Å². The van der Waals surface area contributed by atoms with Crippen molar-refractivity contribution in [1.82, 2.24) is 15.2 Å². The van der Waals surface area contributed by atoms with Crippen molar-refractivity contribution in [2.45, 2.75) is 39.2 Å². The predicted octanol–water partition coefficient (Wildman–Crippen LogP) is 2.43. The van der Waals surface area contributed by atoms with E-state index in [1.165, 1.54) is 6.42 Å². The number of pyridine rings is 1. The average Bonchev–Trinajstić information content (AvgIpc) is 2.61. The molecule has 0 aliphatic carbocycles. The van der Waals surface area contributed by atoms with Gasteiger partial charge >= 0.3 is 0 Å². The lowest BCUT2D eigenvalue weighted by Crippen LogP contribution is -2.45. The van der Waals surface area contributed by atoms with Crippen LogP contribution in [0.2, 0.25) is 0 Å². The number of amides is 1. The second kappa shape index (κ2) is 7.93. The molecule has 0 bridgehead atoms. The predicted molar refractivity (Wildman–Crippen MR) is 99.8 cm³/mol. The topological polar surface area (TPSA) is 65.5 Å². The lowest BCUT2D eigenvalue weighted by Gasteiger charge is -2.34. The molecule has 2 aromatic rings. The number of carbonyl (C=O) groups excluding carboxylic acids is 1. The van der Waals surface area contributed by atoms with E-state index in [0.29, 0.717) is 12.1 Å². The van der Waals surface area contributed by atoms with Gasteiger partial charge in [0.25, 0.3) is 5.91 Å². The number of aliphatic hydroxyl groups excluding tert-OH is 1. The van der Waals surface area contributed by atoms with Crippen molar-refractivity contribution in [3.05, 3.63) is 41.1 Å². The van der Waals surface area contributed by atoms with E-state index in [9.17, 15) is 9.90 Å². The first-order chi connectivity index (χ1) is 12.1. The quantitative estimate of drug-likeness (QED) is 0.877. The van der Waals surface area contributed by atoms with Gasteiger partial charge in [0, 0.05) is 24.5 Å². The number of hydrogen-bond acceptors (Lipinski definition) is 4. The molecular weight excluding hydrogens is 314 g/mol. The molecule has 3 rings (SSSR count). The lowest BCUT2D eigenvalue weighted by molar-refractivity contribution is 0.0849. The Kier molecular flexibility index (Phi) is 5.66. The van der Waals surface area contributed by atoms with Crippen LogP contribution in [-0.4, -0.2) is 53.2 Å². The number of likely N-dealkylation sites (tertiary alicyclic amines) is 1. The summed E-state index contributed by atoms with van der Waals surface area (Å²) in [6.45, 7) is 6.46. The van der Waals surface area contributed by atoms with E-state index in [-0.39, 0.29) is 18.6 Å². The first-order valence-corrected chi connectivity index (χ1v) is 9.09. The second-order valence-corrected chi connectivity index (χ2v) is 6.94. The molecular formula is C20H27N3O2. The van der Waals surface area contributed by atoms with Crippen LogP contribution in [0.15, 0.2) is 24.3 Å². The highest BCUT2D eigenvalue weighted by atomic mass is 16.3. The van der Waals surface area contributed by atoms with Gasteiger partial charge in [-0.05, 0) is 51.4 Å². The SMILES string of the molecule is Cc1ccc2nc(C)c(C(=O)NCCN3CCCCC3CO)cc2c1. The molecule has 2 heterocycles. The zero-order chi connectivity index (χ0) is 17.8. The summed E-state index contributed by atoms with van der Waals surface area (Å²) in [6, 6.07) is 8.24. The summed E-state index contributed by atoms with van der Waals surface area (Å²) in [4.78, 5) is 19.4. The third-order valence-corrected chi connectivity index (χ3v) is 5.05. The molecule has 1 aromatic heterocycles. The number of nitrogens with zero attached hydrogens (tertiary/aromatic N) is 2. The normalized spacial score (nSPS) is 18.4. The highest BCUT2D eigenvalue weighted by Gasteiger charge is 2.21. The summed E-state index contributed by atoms with van der Waals surface area (Å²) >= 11 is 0. The fraction of sp³-hybridized carbons (Fsp3) is 0.500. The van der Waals surface area contributed by atoms with Gasteiger partial charge < -0.3 is 10.4 Å². The van der Waals surface area contributed by atoms with Crippen molar-refractivity contribution >= 4 is 16.8 Å². The van der Waals surface area contributed by atoms with Crippen LogP contribution in [0, 0.1) is 13.8 Å². The fourth-order valence-electron chi connectivity index (χ4n) is 3.59. The first-order valence-electron chi connectivity index (χ1n) is 9.09. The Labute approximate surface area is 149 Å². The molecule has 1 aliphatic heterocycles. The molecule has 5 heteroatoms. The van der Waals surface area contributed by atoms with E-state index in [1.807, 2.05) is 32.0 Å². The van der Waals surface area contributed by atoms with Crippen LogP contribution in [-0.2, 0) is 0 Å². The number of hydrogen-bond donors (Lipinski definition) is 2.